The monoisotopic (exact) mass is 306 g/mol. The van der Waals surface area contributed by atoms with Gasteiger partial charge in [-0.3, -0.25) is 4.79 Å². The summed E-state index contributed by atoms with van der Waals surface area (Å²) in [6.45, 7) is 8.06. The van der Waals surface area contributed by atoms with Crippen LogP contribution in [-0.4, -0.2) is 45.1 Å². The third-order valence-electron chi connectivity index (χ3n) is 3.84. The van der Waals surface area contributed by atoms with E-state index < -0.39 is 0 Å². The van der Waals surface area contributed by atoms with Gasteiger partial charge >= 0.3 is 0 Å². The van der Waals surface area contributed by atoms with Crippen LogP contribution in [0.1, 0.15) is 38.3 Å². The SMILES string of the molecule is CNCCN(C)C(=O)CCc1cccc(C(C)(C)C)c1OC. The van der Waals surface area contributed by atoms with Crippen molar-refractivity contribution in [3.05, 3.63) is 29.3 Å². The molecule has 0 aromatic heterocycles. The Hall–Kier alpha value is -1.55. The first-order valence-electron chi connectivity index (χ1n) is 7.86. The number of methoxy groups -OCH3 is 1. The third-order valence-corrected chi connectivity index (χ3v) is 3.84. The predicted molar refractivity (Wildman–Crippen MR) is 91.6 cm³/mol. The van der Waals surface area contributed by atoms with Crippen LogP contribution in [0, 0.1) is 0 Å². The molecule has 0 saturated carbocycles. The molecule has 0 spiro atoms. The number of aryl methyl sites for hydroxylation is 1. The first-order valence-corrected chi connectivity index (χ1v) is 7.86. The van der Waals surface area contributed by atoms with Crippen molar-refractivity contribution in [3.63, 3.8) is 0 Å². The molecule has 1 rings (SSSR count). The van der Waals surface area contributed by atoms with Gasteiger partial charge in [0.15, 0.2) is 0 Å². The third kappa shape index (κ3) is 5.02. The topological polar surface area (TPSA) is 41.6 Å². The Labute approximate surface area is 134 Å². The number of rotatable bonds is 7. The van der Waals surface area contributed by atoms with Crippen molar-refractivity contribution in [2.45, 2.75) is 39.0 Å². The van der Waals surface area contributed by atoms with Gasteiger partial charge in [-0.15, -0.1) is 0 Å². The van der Waals surface area contributed by atoms with Crippen LogP contribution in [0.4, 0.5) is 0 Å². The normalized spacial score (nSPS) is 11.4. The summed E-state index contributed by atoms with van der Waals surface area (Å²) in [6.07, 6.45) is 1.21. The number of hydrogen-bond acceptors (Lipinski definition) is 3. The van der Waals surface area contributed by atoms with E-state index in [-0.39, 0.29) is 11.3 Å². The molecule has 0 unspecified atom stereocenters. The van der Waals surface area contributed by atoms with Crippen LogP contribution in [0.25, 0.3) is 0 Å². The van der Waals surface area contributed by atoms with E-state index in [1.54, 1.807) is 12.0 Å². The van der Waals surface area contributed by atoms with Crippen molar-refractivity contribution in [2.24, 2.45) is 0 Å². The largest absolute Gasteiger partial charge is 0.496 e. The Morgan fingerprint density at radius 2 is 2.00 bits per heavy atom. The second-order valence-corrected chi connectivity index (χ2v) is 6.67. The van der Waals surface area contributed by atoms with E-state index in [2.05, 4.69) is 38.2 Å². The van der Waals surface area contributed by atoms with Gasteiger partial charge in [0.05, 0.1) is 7.11 Å². The van der Waals surface area contributed by atoms with E-state index in [0.29, 0.717) is 12.8 Å². The van der Waals surface area contributed by atoms with E-state index in [4.69, 9.17) is 4.74 Å². The van der Waals surface area contributed by atoms with Gasteiger partial charge in [-0.25, -0.2) is 0 Å². The van der Waals surface area contributed by atoms with Crippen LogP contribution in [0.5, 0.6) is 5.75 Å². The minimum atomic E-state index is 0.0228. The highest BCUT2D eigenvalue weighted by Crippen LogP contribution is 2.34. The van der Waals surface area contributed by atoms with E-state index in [1.165, 1.54) is 5.56 Å². The fourth-order valence-electron chi connectivity index (χ4n) is 2.45. The summed E-state index contributed by atoms with van der Waals surface area (Å²) in [6, 6.07) is 6.20. The van der Waals surface area contributed by atoms with Crippen molar-refractivity contribution >= 4 is 5.91 Å². The smallest absolute Gasteiger partial charge is 0.222 e. The van der Waals surface area contributed by atoms with Crippen molar-refractivity contribution in [3.8, 4) is 5.75 Å². The van der Waals surface area contributed by atoms with E-state index in [0.717, 1.165) is 24.4 Å². The van der Waals surface area contributed by atoms with Crippen LogP contribution >= 0.6 is 0 Å². The van der Waals surface area contributed by atoms with E-state index in [1.807, 2.05) is 20.2 Å². The maximum Gasteiger partial charge on any atom is 0.222 e. The lowest BCUT2D eigenvalue weighted by Gasteiger charge is -2.24. The number of amides is 1. The number of nitrogens with zero attached hydrogens (tertiary/aromatic N) is 1. The molecule has 0 bridgehead atoms. The Balaban J connectivity index is 2.80. The molecule has 0 aliphatic rings. The first-order chi connectivity index (χ1) is 10.3. The average Bonchev–Trinajstić information content (AvgIpc) is 2.48. The van der Waals surface area contributed by atoms with Gasteiger partial charge in [-0.2, -0.15) is 0 Å². The summed E-state index contributed by atoms with van der Waals surface area (Å²) in [5.74, 6) is 1.08. The number of nitrogens with one attached hydrogen (secondary N) is 1. The molecule has 0 fully saturated rings. The quantitative estimate of drug-likeness (QED) is 0.842. The highest BCUT2D eigenvalue weighted by Gasteiger charge is 2.21. The van der Waals surface area contributed by atoms with Crippen LogP contribution in [-0.2, 0) is 16.6 Å². The van der Waals surface area contributed by atoms with Gasteiger partial charge in [0.1, 0.15) is 5.75 Å². The molecular formula is C18H30N2O2. The molecule has 4 nitrogen and oxygen atoms in total. The van der Waals surface area contributed by atoms with Crippen molar-refractivity contribution in [1.82, 2.24) is 10.2 Å². The zero-order chi connectivity index (χ0) is 16.8. The number of carbonyl (C=O) groups excluding carboxylic acids is 1. The molecule has 0 aliphatic heterocycles. The Morgan fingerprint density at radius 1 is 1.32 bits per heavy atom. The van der Waals surface area contributed by atoms with Gasteiger partial charge < -0.3 is 15.0 Å². The van der Waals surface area contributed by atoms with Crippen LogP contribution in [0.2, 0.25) is 0 Å². The van der Waals surface area contributed by atoms with Gasteiger partial charge in [-0.1, -0.05) is 39.0 Å². The summed E-state index contributed by atoms with van der Waals surface area (Å²) >= 11 is 0. The molecule has 0 saturated heterocycles. The van der Waals surface area contributed by atoms with Crippen molar-refractivity contribution in [2.75, 3.05) is 34.3 Å². The highest BCUT2D eigenvalue weighted by molar-refractivity contribution is 5.76. The first kappa shape index (κ1) is 18.5. The molecule has 0 atom stereocenters. The van der Waals surface area contributed by atoms with Gasteiger partial charge in [0, 0.05) is 26.6 Å². The zero-order valence-corrected chi connectivity index (χ0v) is 14.8. The zero-order valence-electron chi connectivity index (χ0n) is 14.8. The van der Waals surface area contributed by atoms with E-state index in [9.17, 15) is 4.79 Å². The van der Waals surface area contributed by atoms with Gasteiger partial charge in [-0.05, 0) is 30.0 Å². The molecule has 1 N–H and O–H groups in total. The van der Waals surface area contributed by atoms with Crippen LogP contribution in [0.15, 0.2) is 18.2 Å². The fraction of sp³-hybridized carbons (Fsp3) is 0.611. The lowest BCUT2D eigenvalue weighted by Crippen LogP contribution is -2.32. The highest BCUT2D eigenvalue weighted by atomic mass is 16.5. The number of likely N-dealkylation sites (N-methyl/N-ethyl adjacent to an activating group) is 2. The molecule has 1 aromatic carbocycles. The lowest BCUT2D eigenvalue weighted by molar-refractivity contribution is -0.129. The second kappa shape index (κ2) is 8.18. The Morgan fingerprint density at radius 3 is 2.55 bits per heavy atom. The number of para-hydroxylation sites is 1. The van der Waals surface area contributed by atoms with Gasteiger partial charge in [0.2, 0.25) is 5.91 Å². The van der Waals surface area contributed by atoms with Crippen LogP contribution < -0.4 is 10.1 Å². The maximum atomic E-state index is 12.2. The average molecular weight is 306 g/mol. The lowest BCUT2D eigenvalue weighted by atomic mass is 9.84. The Kier molecular flexibility index (Phi) is 6.88. The maximum absolute atomic E-state index is 12.2. The molecule has 1 aromatic rings. The molecule has 22 heavy (non-hydrogen) atoms. The molecule has 124 valence electrons. The van der Waals surface area contributed by atoms with E-state index >= 15 is 0 Å². The summed E-state index contributed by atoms with van der Waals surface area (Å²) in [5, 5.41) is 3.06. The van der Waals surface area contributed by atoms with Gasteiger partial charge in [0.25, 0.3) is 0 Å². The number of benzene rings is 1. The standard InChI is InChI=1S/C18H30N2O2/c1-18(2,3)15-9-7-8-14(17(15)22-6)10-11-16(21)20(5)13-12-19-4/h7-9,19H,10-13H2,1-6H3. The minimum absolute atomic E-state index is 0.0228. The molecule has 1 amide bonds. The Bertz CT molecular complexity index is 492. The number of carbonyl (C=O) groups is 1. The van der Waals surface area contributed by atoms with Crippen LogP contribution in [0.3, 0.4) is 0 Å². The molecular weight excluding hydrogens is 276 g/mol. The number of ether oxygens (including phenoxy) is 1. The van der Waals surface area contributed by atoms with Crippen molar-refractivity contribution < 1.29 is 9.53 Å². The summed E-state index contributed by atoms with van der Waals surface area (Å²) in [7, 11) is 5.44. The second-order valence-electron chi connectivity index (χ2n) is 6.67. The summed E-state index contributed by atoms with van der Waals surface area (Å²) < 4.78 is 5.63. The molecule has 0 aliphatic carbocycles. The van der Waals surface area contributed by atoms with Crippen molar-refractivity contribution in [1.29, 1.82) is 0 Å². The summed E-state index contributed by atoms with van der Waals surface area (Å²) in [5.41, 5.74) is 2.31. The fourth-order valence-corrected chi connectivity index (χ4v) is 2.45. The molecule has 0 radical (unpaired) electrons. The minimum Gasteiger partial charge on any atom is -0.496 e. The predicted octanol–water partition coefficient (Wildman–Crippen LogP) is 2.60. The molecule has 0 heterocycles. The summed E-state index contributed by atoms with van der Waals surface area (Å²) in [4.78, 5) is 13.9. The molecule has 4 heteroatoms. The number of hydrogen-bond donors (Lipinski definition) is 1.